The number of aromatic nitrogens is 1. The van der Waals surface area contributed by atoms with Gasteiger partial charge in [-0.15, -0.1) is 0 Å². The Hall–Kier alpha value is -3.21. The number of nitrogens with zero attached hydrogens (tertiary/aromatic N) is 2. The molecule has 4 nitrogen and oxygen atoms in total. The number of amides is 1. The summed E-state index contributed by atoms with van der Waals surface area (Å²) in [5, 5.41) is 0. The molecule has 0 saturated heterocycles. The van der Waals surface area contributed by atoms with Crippen LogP contribution < -0.4 is 10.6 Å². The fourth-order valence-corrected chi connectivity index (χ4v) is 2.91. The number of halogens is 1. The molecular formula is C21H20FN3O. The lowest BCUT2D eigenvalue weighted by Gasteiger charge is -2.22. The Morgan fingerprint density at radius 1 is 1.12 bits per heavy atom. The Morgan fingerprint density at radius 2 is 1.88 bits per heavy atom. The van der Waals surface area contributed by atoms with E-state index in [9.17, 15) is 9.18 Å². The summed E-state index contributed by atoms with van der Waals surface area (Å²) >= 11 is 0. The Balaban J connectivity index is 2.06. The summed E-state index contributed by atoms with van der Waals surface area (Å²) in [6, 6.07) is 16.2. The smallest absolute Gasteiger partial charge is 0.258 e. The lowest BCUT2D eigenvalue weighted by Crippen LogP contribution is -2.27. The molecule has 0 radical (unpaired) electrons. The second-order valence-corrected chi connectivity index (χ2v) is 6.14. The van der Waals surface area contributed by atoms with Crippen molar-refractivity contribution in [3.63, 3.8) is 0 Å². The van der Waals surface area contributed by atoms with Crippen LogP contribution in [0.15, 0.2) is 60.8 Å². The average molecular weight is 349 g/mol. The second kappa shape index (κ2) is 7.35. The zero-order chi connectivity index (χ0) is 18.7. The maximum absolute atomic E-state index is 12.9. The van der Waals surface area contributed by atoms with Gasteiger partial charge in [0.15, 0.2) is 0 Å². The van der Waals surface area contributed by atoms with Crippen molar-refractivity contribution in [3.05, 3.63) is 77.5 Å². The van der Waals surface area contributed by atoms with Crippen molar-refractivity contribution in [1.29, 1.82) is 0 Å². The van der Waals surface area contributed by atoms with E-state index >= 15 is 0 Å². The molecule has 1 aromatic heterocycles. The number of alkyl halides is 1. The van der Waals surface area contributed by atoms with E-state index in [2.05, 4.69) is 4.98 Å². The number of carbonyl (C=O) groups is 1. The number of anilines is 2. The number of carbonyl (C=O) groups excluding carboxylic acids is 1. The van der Waals surface area contributed by atoms with Crippen LogP contribution >= 0.6 is 0 Å². The average Bonchev–Trinajstić information content (AvgIpc) is 2.67. The molecule has 0 unspecified atom stereocenters. The van der Waals surface area contributed by atoms with E-state index in [0.29, 0.717) is 22.6 Å². The Bertz CT molecular complexity index is 955. The first kappa shape index (κ1) is 17.6. The van der Waals surface area contributed by atoms with E-state index < -0.39 is 6.67 Å². The molecule has 0 bridgehead atoms. The van der Waals surface area contributed by atoms with Crippen molar-refractivity contribution in [2.75, 3.05) is 17.7 Å². The Kier molecular flexibility index (Phi) is 4.98. The molecule has 1 heterocycles. The van der Waals surface area contributed by atoms with Gasteiger partial charge in [-0.25, -0.2) is 9.37 Å². The summed E-state index contributed by atoms with van der Waals surface area (Å²) in [6.07, 6.45) is 1.59. The topological polar surface area (TPSA) is 59.2 Å². The van der Waals surface area contributed by atoms with Crippen LogP contribution in [0, 0.1) is 6.92 Å². The quantitative estimate of drug-likeness (QED) is 0.760. The molecule has 0 saturated carbocycles. The van der Waals surface area contributed by atoms with Gasteiger partial charge in [0.1, 0.15) is 12.5 Å². The van der Waals surface area contributed by atoms with Crippen LogP contribution in [-0.4, -0.2) is 17.9 Å². The van der Waals surface area contributed by atoms with Gasteiger partial charge in [0.2, 0.25) is 0 Å². The number of nitrogen functional groups attached to an aromatic ring is 1. The summed E-state index contributed by atoms with van der Waals surface area (Å²) in [5.74, 6) is 0.147. The van der Waals surface area contributed by atoms with Crippen LogP contribution in [0.1, 0.15) is 21.5 Å². The first-order valence-corrected chi connectivity index (χ1v) is 8.25. The van der Waals surface area contributed by atoms with Gasteiger partial charge in [0.05, 0.1) is 11.9 Å². The van der Waals surface area contributed by atoms with Crippen molar-refractivity contribution in [3.8, 4) is 11.1 Å². The third-order valence-corrected chi connectivity index (χ3v) is 4.33. The zero-order valence-corrected chi connectivity index (χ0v) is 14.7. The third kappa shape index (κ3) is 3.42. The van der Waals surface area contributed by atoms with E-state index in [0.717, 1.165) is 16.7 Å². The lowest BCUT2D eigenvalue weighted by atomic mass is 9.99. The van der Waals surface area contributed by atoms with Crippen LogP contribution in [0.2, 0.25) is 0 Å². The number of aryl methyl sites for hydroxylation is 1. The number of nitrogens with two attached hydrogens (primary N) is 1. The van der Waals surface area contributed by atoms with Crippen LogP contribution in [-0.2, 0) is 6.67 Å². The van der Waals surface area contributed by atoms with Gasteiger partial charge in [-0.3, -0.25) is 4.79 Å². The van der Waals surface area contributed by atoms with Gasteiger partial charge in [-0.05, 0) is 41.8 Å². The molecule has 5 heteroatoms. The number of hydrogen-bond donors (Lipinski definition) is 1. The van der Waals surface area contributed by atoms with Gasteiger partial charge in [0, 0.05) is 18.2 Å². The molecule has 0 aliphatic rings. The number of pyridine rings is 1. The summed E-state index contributed by atoms with van der Waals surface area (Å²) in [7, 11) is 1.68. The second-order valence-electron chi connectivity index (χ2n) is 6.14. The Labute approximate surface area is 152 Å². The van der Waals surface area contributed by atoms with Crippen molar-refractivity contribution in [2.45, 2.75) is 13.6 Å². The van der Waals surface area contributed by atoms with Gasteiger partial charge in [0.25, 0.3) is 5.91 Å². The highest BCUT2D eigenvalue weighted by atomic mass is 19.1. The van der Waals surface area contributed by atoms with E-state index in [1.54, 1.807) is 43.6 Å². The van der Waals surface area contributed by atoms with E-state index in [-0.39, 0.29) is 5.91 Å². The minimum absolute atomic E-state index is 0.235. The van der Waals surface area contributed by atoms with Crippen molar-refractivity contribution in [2.24, 2.45) is 0 Å². The highest BCUT2D eigenvalue weighted by Gasteiger charge is 2.19. The van der Waals surface area contributed by atoms with Gasteiger partial charge in [-0.1, -0.05) is 36.4 Å². The monoisotopic (exact) mass is 349 g/mol. The number of rotatable bonds is 4. The molecule has 0 atom stereocenters. The maximum atomic E-state index is 12.9. The molecule has 3 aromatic rings. The van der Waals surface area contributed by atoms with Crippen LogP contribution in [0.25, 0.3) is 11.1 Å². The minimum atomic E-state index is -0.608. The SMILES string of the molecule is Cc1ccccc1-c1cc(N)ncc1N(C)C(=O)c1cccc(CF)c1. The van der Waals surface area contributed by atoms with E-state index in [1.165, 1.54) is 4.90 Å². The lowest BCUT2D eigenvalue weighted by molar-refractivity contribution is 0.0993. The van der Waals surface area contributed by atoms with Crippen molar-refractivity contribution in [1.82, 2.24) is 4.98 Å². The van der Waals surface area contributed by atoms with Gasteiger partial charge in [-0.2, -0.15) is 0 Å². The summed E-state index contributed by atoms with van der Waals surface area (Å²) in [4.78, 5) is 18.6. The third-order valence-electron chi connectivity index (χ3n) is 4.33. The first-order valence-electron chi connectivity index (χ1n) is 8.25. The predicted octanol–water partition coefficient (Wildman–Crippen LogP) is 4.39. The molecule has 2 N–H and O–H groups in total. The molecule has 26 heavy (non-hydrogen) atoms. The summed E-state index contributed by atoms with van der Waals surface area (Å²) in [6.45, 7) is 1.39. The zero-order valence-electron chi connectivity index (χ0n) is 14.7. The molecule has 2 aromatic carbocycles. The fraction of sp³-hybridized carbons (Fsp3) is 0.143. The summed E-state index contributed by atoms with van der Waals surface area (Å²) < 4.78 is 12.9. The van der Waals surface area contributed by atoms with E-state index in [4.69, 9.17) is 5.73 Å². The standard InChI is InChI=1S/C21H20FN3O/c1-14-6-3-4-9-17(14)18-11-20(23)24-13-19(18)25(2)21(26)16-8-5-7-15(10-16)12-22/h3-11,13H,12H2,1-2H3,(H2,23,24). The molecule has 132 valence electrons. The highest BCUT2D eigenvalue weighted by molar-refractivity contribution is 6.08. The fourth-order valence-electron chi connectivity index (χ4n) is 2.91. The highest BCUT2D eigenvalue weighted by Crippen LogP contribution is 2.33. The maximum Gasteiger partial charge on any atom is 0.258 e. The van der Waals surface area contributed by atoms with E-state index in [1.807, 2.05) is 31.2 Å². The van der Waals surface area contributed by atoms with Crippen molar-refractivity contribution < 1.29 is 9.18 Å². The van der Waals surface area contributed by atoms with Gasteiger partial charge < -0.3 is 10.6 Å². The molecule has 0 aliphatic heterocycles. The molecule has 1 amide bonds. The number of hydrogen-bond acceptors (Lipinski definition) is 3. The molecule has 0 aliphatic carbocycles. The number of benzene rings is 2. The first-order chi connectivity index (χ1) is 12.5. The van der Waals surface area contributed by atoms with Gasteiger partial charge >= 0.3 is 0 Å². The summed E-state index contributed by atoms with van der Waals surface area (Å²) in [5.41, 5.74) is 10.3. The molecule has 3 rings (SSSR count). The predicted molar refractivity (Wildman–Crippen MR) is 103 cm³/mol. The van der Waals surface area contributed by atoms with Crippen LogP contribution in [0.4, 0.5) is 15.9 Å². The van der Waals surface area contributed by atoms with Crippen LogP contribution in [0.5, 0.6) is 0 Å². The molecule has 0 fully saturated rings. The largest absolute Gasteiger partial charge is 0.384 e. The van der Waals surface area contributed by atoms with Crippen LogP contribution in [0.3, 0.4) is 0 Å². The normalized spacial score (nSPS) is 10.6. The Morgan fingerprint density at radius 3 is 2.62 bits per heavy atom. The minimum Gasteiger partial charge on any atom is -0.384 e. The molecular weight excluding hydrogens is 329 g/mol. The molecule has 0 spiro atoms. The van der Waals surface area contributed by atoms with Crippen molar-refractivity contribution >= 4 is 17.4 Å².